The van der Waals surface area contributed by atoms with Gasteiger partial charge in [-0.15, -0.1) is 0 Å². The van der Waals surface area contributed by atoms with Crippen LogP contribution in [0, 0.1) is 13.8 Å². The third-order valence-electron chi connectivity index (χ3n) is 0.996. The van der Waals surface area contributed by atoms with E-state index in [1.807, 2.05) is 0 Å². The van der Waals surface area contributed by atoms with Gasteiger partial charge in [0.15, 0.2) is 5.89 Å². The molecule has 1 heterocycles. The van der Waals surface area contributed by atoms with Crippen LogP contribution in [-0.4, -0.2) is 11.3 Å². The molecule has 0 aliphatic carbocycles. The Balaban J connectivity index is 3.15. The summed E-state index contributed by atoms with van der Waals surface area (Å²) in [5, 5.41) is 0. The molecule has 1 aromatic heterocycles. The van der Waals surface area contributed by atoms with Gasteiger partial charge in [-0.2, -0.15) is 0 Å². The van der Waals surface area contributed by atoms with Crippen LogP contribution in [0.3, 0.4) is 0 Å². The Morgan fingerprint density at radius 3 is 2.44 bits per heavy atom. The van der Waals surface area contributed by atoms with E-state index < -0.39 is 0 Å². The molecule has 3 heteroatoms. The predicted octanol–water partition coefficient (Wildman–Crippen LogP) is 0.749. The number of hydrogen-bond acceptors (Lipinski definition) is 3. The minimum Gasteiger partial charge on any atom is -0.437 e. The first-order valence-electron chi connectivity index (χ1n) is 2.56. The van der Waals surface area contributed by atoms with Crippen LogP contribution in [0.5, 0.6) is 0 Å². The van der Waals surface area contributed by atoms with Gasteiger partial charge in [-0.3, -0.25) is 4.79 Å². The van der Waals surface area contributed by atoms with Gasteiger partial charge in [0.2, 0.25) is 5.76 Å². The number of aryl methyl sites for hydroxylation is 2. The number of aromatic nitrogens is 1. The van der Waals surface area contributed by atoms with Gasteiger partial charge < -0.3 is 4.42 Å². The topological polar surface area (TPSA) is 43.1 Å². The maximum Gasteiger partial charge on any atom is 0.273 e. The van der Waals surface area contributed by atoms with Gasteiger partial charge >= 0.3 is 0 Å². The van der Waals surface area contributed by atoms with Crippen molar-refractivity contribution in [2.24, 2.45) is 0 Å². The Morgan fingerprint density at radius 2 is 2.22 bits per heavy atom. The normalized spacial score (nSPS) is 9.56. The first-order chi connectivity index (χ1) is 4.24. The van der Waals surface area contributed by atoms with E-state index in [9.17, 15) is 4.79 Å². The highest BCUT2D eigenvalue weighted by atomic mass is 16.4. The standard InChI is InChI=1S/C6H6NO2/c1-4-6(3-8)9-5(2)7-4/h1-2H3. The van der Waals surface area contributed by atoms with Gasteiger partial charge in [0, 0.05) is 6.92 Å². The van der Waals surface area contributed by atoms with Crippen LogP contribution < -0.4 is 0 Å². The van der Waals surface area contributed by atoms with Gasteiger partial charge in [0.1, 0.15) is 0 Å². The van der Waals surface area contributed by atoms with Crippen LogP contribution in [0.2, 0.25) is 0 Å². The molecular weight excluding hydrogens is 118 g/mol. The fraction of sp³-hybridized carbons (Fsp3) is 0.333. The highest BCUT2D eigenvalue weighted by Crippen LogP contribution is 2.04. The van der Waals surface area contributed by atoms with E-state index in [4.69, 9.17) is 4.42 Å². The lowest BCUT2D eigenvalue weighted by Gasteiger charge is -1.75. The van der Waals surface area contributed by atoms with Crippen LogP contribution in [-0.2, 0) is 4.79 Å². The second-order valence-electron chi connectivity index (χ2n) is 1.75. The second-order valence-corrected chi connectivity index (χ2v) is 1.75. The van der Waals surface area contributed by atoms with E-state index in [2.05, 4.69) is 4.98 Å². The van der Waals surface area contributed by atoms with E-state index >= 15 is 0 Å². The molecule has 47 valence electrons. The Kier molecular flexibility index (Phi) is 1.34. The monoisotopic (exact) mass is 124 g/mol. The summed E-state index contributed by atoms with van der Waals surface area (Å²) in [7, 11) is 0. The number of carbonyl (C=O) groups excluding carboxylic acids is 1. The number of hydrogen-bond donors (Lipinski definition) is 0. The number of nitrogens with zero attached hydrogens (tertiary/aromatic N) is 1. The Hall–Kier alpha value is -1.12. The first-order valence-corrected chi connectivity index (χ1v) is 2.56. The molecule has 0 amide bonds. The summed E-state index contributed by atoms with van der Waals surface area (Å²) in [6, 6.07) is 0. The molecule has 0 N–H and O–H groups in total. The molecule has 3 nitrogen and oxygen atoms in total. The van der Waals surface area contributed by atoms with Gasteiger partial charge in [-0.1, -0.05) is 0 Å². The van der Waals surface area contributed by atoms with Crippen molar-refractivity contribution >= 4 is 6.29 Å². The Bertz CT molecular complexity index is 227. The molecule has 0 bridgehead atoms. The van der Waals surface area contributed by atoms with Crippen molar-refractivity contribution < 1.29 is 9.21 Å². The quantitative estimate of drug-likeness (QED) is 0.554. The largest absolute Gasteiger partial charge is 0.437 e. The van der Waals surface area contributed by atoms with E-state index in [-0.39, 0.29) is 5.76 Å². The summed E-state index contributed by atoms with van der Waals surface area (Å²) in [5.74, 6) is 0.707. The molecule has 0 fully saturated rings. The average molecular weight is 124 g/mol. The fourth-order valence-corrected chi connectivity index (χ4v) is 0.626. The lowest BCUT2D eigenvalue weighted by Crippen LogP contribution is -1.78. The summed E-state index contributed by atoms with van der Waals surface area (Å²) in [5.41, 5.74) is 0.600. The molecule has 0 aliphatic rings. The van der Waals surface area contributed by atoms with Crippen molar-refractivity contribution in [3.05, 3.63) is 17.3 Å². The van der Waals surface area contributed by atoms with Crippen molar-refractivity contribution in [3.63, 3.8) is 0 Å². The lowest BCUT2D eigenvalue weighted by atomic mass is 10.4. The van der Waals surface area contributed by atoms with E-state index in [1.165, 1.54) is 0 Å². The third-order valence-corrected chi connectivity index (χ3v) is 0.996. The molecule has 0 saturated carbocycles. The molecule has 0 atom stereocenters. The molecule has 0 saturated heterocycles. The zero-order valence-electron chi connectivity index (χ0n) is 5.26. The van der Waals surface area contributed by atoms with Gasteiger partial charge in [0.05, 0.1) is 5.69 Å². The molecule has 0 aromatic carbocycles. The minimum atomic E-state index is 0.201. The molecule has 9 heavy (non-hydrogen) atoms. The zero-order chi connectivity index (χ0) is 6.85. The highest BCUT2D eigenvalue weighted by Gasteiger charge is 2.03. The summed E-state index contributed by atoms with van der Waals surface area (Å²) in [6.45, 7) is 3.39. The van der Waals surface area contributed by atoms with Crippen LogP contribution in [0.15, 0.2) is 4.42 Å². The zero-order valence-corrected chi connectivity index (χ0v) is 5.26. The fourth-order valence-electron chi connectivity index (χ4n) is 0.626. The van der Waals surface area contributed by atoms with E-state index in [1.54, 1.807) is 20.1 Å². The van der Waals surface area contributed by atoms with Crippen molar-refractivity contribution in [2.75, 3.05) is 0 Å². The molecule has 0 aliphatic heterocycles. The van der Waals surface area contributed by atoms with E-state index in [0.717, 1.165) is 0 Å². The van der Waals surface area contributed by atoms with Crippen LogP contribution in [0.1, 0.15) is 17.3 Å². The van der Waals surface area contributed by atoms with Gasteiger partial charge in [-0.05, 0) is 6.92 Å². The van der Waals surface area contributed by atoms with Crippen LogP contribution in [0.25, 0.3) is 0 Å². The highest BCUT2D eigenvalue weighted by molar-refractivity contribution is 5.72. The maximum absolute atomic E-state index is 9.98. The molecule has 0 spiro atoms. The summed E-state index contributed by atoms with van der Waals surface area (Å²) in [6.07, 6.45) is 1.64. The van der Waals surface area contributed by atoms with Gasteiger partial charge in [0.25, 0.3) is 6.29 Å². The van der Waals surface area contributed by atoms with Crippen molar-refractivity contribution in [1.82, 2.24) is 4.98 Å². The Labute approximate surface area is 52.7 Å². The SMILES string of the molecule is Cc1nc(C)c([C]=O)o1. The molecule has 1 aromatic rings. The van der Waals surface area contributed by atoms with Crippen molar-refractivity contribution in [2.45, 2.75) is 13.8 Å². The van der Waals surface area contributed by atoms with Crippen LogP contribution >= 0.6 is 0 Å². The minimum absolute atomic E-state index is 0.201. The van der Waals surface area contributed by atoms with E-state index in [0.29, 0.717) is 11.6 Å². The Morgan fingerprint density at radius 1 is 1.56 bits per heavy atom. The molecular formula is C6H6NO2. The first kappa shape index (κ1) is 6.01. The molecule has 1 rings (SSSR count). The average Bonchev–Trinajstić information content (AvgIpc) is 2.10. The smallest absolute Gasteiger partial charge is 0.273 e. The number of rotatable bonds is 1. The summed E-state index contributed by atoms with van der Waals surface area (Å²) >= 11 is 0. The second kappa shape index (κ2) is 2.01. The number of oxazole rings is 1. The van der Waals surface area contributed by atoms with Crippen molar-refractivity contribution in [3.8, 4) is 0 Å². The predicted molar refractivity (Wildman–Crippen MR) is 30.8 cm³/mol. The summed E-state index contributed by atoms with van der Waals surface area (Å²) in [4.78, 5) is 13.8. The molecule has 1 radical (unpaired) electrons. The summed E-state index contributed by atoms with van der Waals surface area (Å²) < 4.78 is 4.83. The van der Waals surface area contributed by atoms with Gasteiger partial charge in [-0.25, -0.2) is 4.98 Å². The van der Waals surface area contributed by atoms with Crippen LogP contribution in [0.4, 0.5) is 0 Å². The third kappa shape index (κ3) is 0.988. The maximum atomic E-state index is 9.98. The lowest BCUT2D eigenvalue weighted by molar-refractivity contribution is 0.492. The molecule has 0 unspecified atom stereocenters. The van der Waals surface area contributed by atoms with Crippen molar-refractivity contribution in [1.29, 1.82) is 0 Å².